The topological polar surface area (TPSA) is 124 Å². The van der Waals surface area contributed by atoms with Crippen LogP contribution in [0.3, 0.4) is 0 Å². The van der Waals surface area contributed by atoms with Gasteiger partial charge < -0.3 is 19.8 Å². The molecule has 1 aliphatic heterocycles. The lowest BCUT2D eigenvalue weighted by Crippen LogP contribution is -2.47. The Kier molecular flexibility index (Phi) is 7.96. The summed E-state index contributed by atoms with van der Waals surface area (Å²) in [5, 5.41) is 4.49. The zero-order valence-corrected chi connectivity index (χ0v) is 24.4. The molecule has 0 bridgehead atoms. The van der Waals surface area contributed by atoms with Crippen LogP contribution in [0, 0.1) is 11.6 Å². The number of nitrogens with zero attached hydrogens (tertiary/aromatic N) is 6. The Balaban J connectivity index is 1.12. The molecule has 0 unspecified atom stereocenters. The van der Waals surface area contributed by atoms with Gasteiger partial charge in [-0.25, -0.2) is 8.78 Å². The van der Waals surface area contributed by atoms with E-state index in [1.807, 2.05) is 11.0 Å². The molecule has 4 aromatic heterocycles. The Morgan fingerprint density at radius 1 is 1.14 bits per heavy atom. The fourth-order valence-corrected chi connectivity index (χ4v) is 6.54. The van der Waals surface area contributed by atoms with Gasteiger partial charge in [0, 0.05) is 74.2 Å². The lowest BCUT2D eigenvalue weighted by molar-refractivity contribution is 0.247. The van der Waals surface area contributed by atoms with Crippen molar-refractivity contribution in [2.45, 2.75) is 13.0 Å². The van der Waals surface area contributed by atoms with Gasteiger partial charge >= 0.3 is 4.87 Å². The maximum Gasteiger partial charge on any atom is 0.309 e. The molecule has 0 aliphatic carbocycles. The molecule has 0 radical (unpaired) electrons. The van der Waals surface area contributed by atoms with Crippen LogP contribution in [0.5, 0.6) is 5.75 Å². The number of nitrogens with two attached hydrogens (primary N) is 1. The van der Waals surface area contributed by atoms with Crippen LogP contribution >= 0.6 is 11.3 Å². The van der Waals surface area contributed by atoms with E-state index in [-0.39, 0.29) is 28.9 Å². The highest BCUT2D eigenvalue weighted by Crippen LogP contribution is 2.30. The summed E-state index contributed by atoms with van der Waals surface area (Å²) in [6.45, 7) is 3.49. The molecule has 42 heavy (non-hydrogen) atoms. The number of furan rings is 1. The summed E-state index contributed by atoms with van der Waals surface area (Å²) in [7, 11) is -0.957. The highest BCUT2D eigenvalue weighted by molar-refractivity contribution is 7.84. The molecule has 1 atom stereocenters. The van der Waals surface area contributed by atoms with Crippen molar-refractivity contribution in [1.29, 1.82) is 0 Å². The number of fused-ring (bicyclic) bond motifs is 3. The number of aromatic nitrogens is 4. The van der Waals surface area contributed by atoms with E-state index in [1.54, 1.807) is 29.2 Å². The molecular weight excluding hydrogens is 588 g/mol. The molecule has 1 aromatic carbocycles. The van der Waals surface area contributed by atoms with Crippen molar-refractivity contribution < 1.29 is 22.1 Å². The fourth-order valence-electron chi connectivity index (χ4n) is 5.06. The second kappa shape index (κ2) is 11.8. The molecular formula is C27H29F2N7O4S2. The third-order valence-corrected chi connectivity index (χ3v) is 9.06. The molecule has 0 spiro atoms. The maximum absolute atomic E-state index is 14.7. The van der Waals surface area contributed by atoms with Crippen LogP contribution in [0.25, 0.3) is 27.3 Å². The summed E-state index contributed by atoms with van der Waals surface area (Å²) in [4.78, 5) is 21.4. The van der Waals surface area contributed by atoms with Gasteiger partial charge in [0.15, 0.2) is 23.0 Å². The largest absolute Gasteiger partial charge is 0.490 e. The highest BCUT2D eigenvalue weighted by Gasteiger charge is 2.23. The van der Waals surface area contributed by atoms with Gasteiger partial charge in [-0.15, -0.1) is 0 Å². The number of benzene rings is 1. The zero-order valence-electron chi connectivity index (χ0n) is 22.8. The molecule has 15 heteroatoms. The predicted octanol–water partition coefficient (Wildman–Crippen LogP) is 3.20. The maximum atomic E-state index is 14.7. The summed E-state index contributed by atoms with van der Waals surface area (Å²) in [6, 6.07) is 7.64. The molecule has 5 aromatic rings. The van der Waals surface area contributed by atoms with Crippen LogP contribution in [0.2, 0.25) is 0 Å². The van der Waals surface area contributed by atoms with E-state index in [9.17, 15) is 17.8 Å². The summed E-state index contributed by atoms with van der Waals surface area (Å²) >= 11 is 1.10. The number of piperazine rings is 1. The van der Waals surface area contributed by atoms with Gasteiger partial charge in [-0.05, 0) is 24.6 Å². The Morgan fingerprint density at radius 3 is 2.69 bits per heavy atom. The second-order valence-electron chi connectivity index (χ2n) is 9.99. The molecule has 5 heterocycles. The van der Waals surface area contributed by atoms with Crippen molar-refractivity contribution in [1.82, 2.24) is 24.1 Å². The van der Waals surface area contributed by atoms with E-state index in [1.165, 1.54) is 10.6 Å². The zero-order chi connectivity index (χ0) is 29.4. The SMILES string of the molecule is C[S@](=O)CCCOc1cc(N2CCN(CCn3c(=O)sc4c3nc(N)n3nc(-c5ccco5)cc43)CC2)c(F)cc1F. The van der Waals surface area contributed by atoms with E-state index in [0.717, 1.165) is 17.4 Å². The number of anilines is 2. The van der Waals surface area contributed by atoms with Gasteiger partial charge in [0.05, 0.1) is 24.1 Å². The lowest BCUT2D eigenvalue weighted by atomic mass is 10.2. The first-order valence-corrected chi connectivity index (χ1v) is 15.9. The van der Waals surface area contributed by atoms with Crippen molar-refractivity contribution in [3.8, 4) is 17.2 Å². The first-order valence-electron chi connectivity index (χ1n) is 13.4. The Morgan fingerprint density at radius 2 is 1.95 bits per heavy atom. The van der Waals surface area contributed by atoms with Gasteiger partial charge in [-0.1, -0.05) is 11.3 Å². The fraction of sp³-hybridized carbons (Fsp3) is 0.370. The Labute approximate surface area is 245 Å². The molecule has 1 aliphatic rings. The van der Waals surface area contributed by atoms with Crippen LogP contribution in [0.1, 0.15) is 6.42 Å². The minimum Gasteiger partial charge on any atom is -0.490 e. The van der Waals surface area contributed by atoms with Crippen LogP contribution < -0.4 is 20.2 Å². The van der Waals surface area contributed by atoms with E-state index < -0.39 is 22.4 Å². The third-order valence-electron chi connectivity index (χ3n) is 7.21. The number of hydrogen-bond donors (Lipinski definition) is 1. The van der Waals surface area contributed by atoms with Crippen molar-refractivity contribution in [3.63, 3.8) is 0 Å². The average Bonchev–Trinajstić information content (AvgIpc) is 3.71. The van der Waals surface area contributed by atoms with Gasteiger partial charge in [-0.2, -0.15) is 14.6 Å². The molecule has 0 saturated carbocycles. The molecule has 1 saturated heterocycles. The number of nitrogen functional groups attached to an aromatic ring is 1. The van der Waals surface area contributed by atoms with Crippen LogP contribution in [-0.4, -0.2) is 79.6 Å². The van der Waals surface area contributed by atoms with E-state index in [4.69, 9.17) is 14.9 Å². The van der Waals surface area contributed by atoms with Crippen molar-refractivity contribution in [2.24, 2.45) is 0 Å². The number of thiazole rings is 1. The molecule has 1 fully saturated rings. The summed E-state index contributed by atoms with van der Waals surface area (Å²) in [5.41, 5.74) is 8.28. The van der Waals surface area contributed by atoms with Gasteiger partial charge in [-0.3, -0.25) is 18.5 Å². The predicted molar refractivity (Wildman–Crippen MR) is 159 cm³/mol. The molecule has 2 N–H and O–H groups in total. The molecule has 0 amide bonds. The van der Waals surface area contributed by atoms with Crippen molar-refractivity contribution in [3.05, 3.63) is 57.9 Å². The van der Waals surface area contributed by atoms with Gasteiger partial charge in [0.1, 0.15) is 16.2 Å². The Bertz CT molecular complexity index is 1810. The van der Waals surface area contributed by atoms with Crippen molar-refractivity contribution >= 4 is 49.6 Å². The summed E-state index contributed by atoms with van der Waals surface area (Å²) in [5.74, 6) is -0.220. The quantitative estimate of drug-likeness (QED) is 0.235. The van der Waals surface area contributed by atoms with Gasteiger partial charge in [0.25, 0.3) is 0 Å². The van der Waals surface area contributed by atoms with E-state index >= 15 is 0 Å². The molecule has 6 rings (SSSR count). The smallest absolute Gasteiger partial charge is 0.309 e. The number of ether oxygens (including phenoxy) is 1. The molecule has 222 valence electrons. The van der Waals surface area contributed by atoms with E-state index in [2.05, 4.69) is 15.0 Å². The molecule has 11 nitrogen and oxygen atoms in total. The van der Waals surface area contributed by atoms with Gasteiger partial charge in [0.2, 0.25) is 5.95 Å². The first kappa shape index (κ1) is 28.3. The summed E-state index contributed by atoms with van der Waals surface area (Å²) in [6.07, 6.45) is 3.67. The number of hydrogen-bond acceptors (Lipinski definition) is 10. The minimum atomic E-state index is -0.957. The van der Waals surface area contributed by atoms with Crippen LogP contribution in [0.15, 0.2) is 45.8 Å². The van der Waals surface area contributed by atoms with Crippen molar-refractivity contribution in [2.75, 3.05) is 62.0 Å². The number of rotatable bonds is 10. The standard InChI is InChI=1S/C27H29F2N7O4S2/c1-42(38)13-3-12-40-23-16-20(17(28)14-18(23)29)34-8-5-33(6-9-34)7-10-35-25-24(41-27(35)37)21-15-19(22-4-2-11-39-22)32-36(21)26(30)31-25/h2,4,11,14-16H,3,5-10,12-13H2,1H3,(H2,30,31)/t42-/m0/s1. The van der Waals surface area contributed by atoms with Crippen LogP contribution in [0.4, 0.5) is 20.4 Å². The van der Waals surface area contributed by atoms with E-state index in [0.29, 0.717) is 78.8 Å². The Hall–Kier alpha value is -3.82. The van der Waals surface area contributed by atoms with Crippen LogP contribution in [-0.2, 0) is 17.3 Å². The summed E-state index contributed by atoms with van der Waals surface area (Å²) < 4.78 is 55.0. The first-order chi connectivity index (χ1) is 20.3. The normalized spacial score (nSPS) is 15.2. The average molecular weight is 618 g/mol. The third kappa shape index (κ3) is 5.63. The second-order valence-corrected chi connectivity index (χ2v) is 12.5. The monoisotopic (exact) mass is 617 g/mol. The minimum absolute atomic E-state index is 0.0187. The highest BCUT2D eigenvalue weighted by atomic mass is 32.2. The number of halogens is 2. The lowest BCUT2D eigenvalue weighted by Gasteiger charge is -2.36.